The van der Waals surface area contributed by atoms with Gasteiger partial charge in [0, 0.05) is 37.2 Å². The normalized spacial score (nSPS) is 10.9. The zero-order valence-electron chi connectivity index (χ0n) is 12.9. The molecule has 118 valence electrons. The first-order chi connectivity index (χ1) is 10.5. The van der Waals surface area contributed by atoms with Crippen LogP contribution in [0.15, 0.2) is 29.4 Å². The Hall–Kier alpha value is -1.86. The molecule has 2 aromatic rings. The van der Waals surface area contributed by atoms with Gasteiger partial charge >= 0.3 is 0 Å². The number of aromatic nitrogens is 2. The smallest absolute Gasteiger partial charge is 0.269 e. The third-order valence-electron chi connectivity index (χ3n) is 3.46. The van der Waals surface area contributed by atoms with Crippen LogP contribution < -0.4 is 0 Å². The number of benzene rings is 1. The van der Waals surface area contributed by atoms with Gasteiger partial charge in [-0.15, -0.1) is 0 Å². The van der Waals surface area contributed by atoms with E-state index in [1.807, 2.05) is 13.8 Å². The van der Waals surface area contributed by atoms with E-state index >= 15 is 0 Å². The molecule has 0 aliphatic heterocycles. The van der Waals surface area contributed by atoms with Crippen molar-refractivity contribution >= 4 is 17.4 Å². The SMILES string of the molecule is COCCn1c(SCc2ccc([N+](=O)[O-])cc2)nc(C)c1C. The Morgan fingerprint density at radius 2 is 2.00 bits per heavy atom. The van der Waals surface area contributed by atoms with Crippen LogP contribution >= 0.6 is 11.8 Å². The van der Waals surface area contributed by atoms with Gasteiger partial charge in [-0.3, -0.25) is 10.1 Å². The summed E-state index contributed by atoms with van der Waals surface area (Å²) in [6.07, 6.45) is 0. The first kappa shape index (κ1) is 16.5. The van der Waals surface area contributed by atoms with Crippen molar-refractivity contribution in [3.8, 4) is 0 Å². The summed E-state index contributed by atoms with van der Waals surface area (Å²) in [7, 11) is 1.68. The fraction of sp³-hybridized carbons (Fsp3) is 0.400. The number of imidazole rings is 1. The van der Waals surface area contributed by atoms with E-state index in [-0.39, 0.29) is 10.6 Å². The zero-order valence-corrected chi connectivity index (χ0v) is 13.7. The van der Waals surface area contributed by atoms with Crippen LogP contribution in [0.1, 0.15) is 17.0 Å². The van der Waals surface area contributed by atoms with E-state index in [9.17, 15) is 10.1 Å². The third-order valence-corrected chi connectivity index (χ3v) is 4.50. The molecule has 0 saturated heterocycles. The largest absolute Gasteiger partial charge is 0.383 e. The van der Waals surface area contributed by atoms with Gasteiger partial charge in [0.2, 0.25) is 0 Å². The number of nitro groups is 1. The summed E-state index contributed by atoms with van der Waals surface area (Å²) in [5.74, 6) is 0.723. The monoisotopic (exact) mass is 321 g/mol. The Labute approximate surface area is 133 Å². The van der Waals surface area contributed by atoms with E-state index in [0.29, 0.717) is 6.61 Å². The molecule has 0 atom stereocenters. The van der Waals surface area contributed by atoms with Crippen LogP contribution in [0, 0.1) is 24.0 Å². The van der Waals surface area contributed by atoms with Crippen molar-refractivity contribution in [1.29, 1.82) is 0 Å². The molecule has 1 heterocycles. The van der Waals surface area contributed by atoms with E-state index in [1.54, 1.807) is 31.0 Å². The quantitative estimate of drug-likeness (QED) is 0.444. The van der Waals surface area contributed by atoms with Gasteiger partial charge in [-0.25, -0.2) is 4.98 Å². The average molecular weight is 321 g/mol. The second-order valence-electron chi connectivity index (χ2n) is 4.92. The molecule has 22 heavy (non-hydrogen) atoms. The lowest BCUT2D eigenvalue weighted by molar-refractivity contribution is -0.384. The molecule has 0 aliphatic carbocycles. The van der Waals surface area contributed by atoms with Crippen LogP contribution in [-0.2, 0) is 17.0 Å². The lowest BCUT2D eigenvalue weighted by Crippen LogP contribution is -2.07. The van der Waals surface area contributed by atoms with Crippen molar-refractivity contribution in [2.75, 3.05) is 13.7 Å². The molecule has 2 rings (SSSR count). The number of methoxy groups -OCH3 is 1. The maximum Gasteiger partial charge on any atom is 0.269 e. The first-order valence-electron chi connectivity index (χ1n) is 6.91. The first-order valence-corrected chi connectivity index (χ1v) is 7.90. The highest BCUT2D eigenvalue weighted by Gasteiger charge is 2.12. The molecule has 0 aliphatic rings. The lowest BCUT2D eigenvalue weighted by Gasteiger charge is -2.09. The average Bonchev–Trinajstić information content (AvgIpc) is 2.78. The second-order valence-corrected chi connectivity index (χ2v) is 5.86. The molecular weight excluding hydrogens is 302 g/mol. The number of thioether (sulfide) groups is 1. The van der Waals surface area contributed by atoms with Crippen LogP contribution in [0.25, 0.3) is 0 Å². The molecule has 1 aromatic carbocycles. The summed E-state index contributed by atoms with van der Waals surface area (Å²) in [4.78, 5) is 14.9. The van der Waals surface area contributed by atoms with Gasteiger partial charge in [-0.2, -0.15) is 0 Å². The Balaban J connectivity index is 2.07. The van der Waals surface area contributed by atoms with E-state index in [2.05, 4.69) is 9.55 Å². The van der Waals surface area contributed by atoms with Crippen molar-refractivity contribution in [1.82, 2.24) is 9.55 Å². The number of hydrogen-bond donors (Lipinski definition) is 0. The lowest BCUT2D eigenvalue weighted by atomic mass is 10.2. The fourth-order valence-electron chi connectivity index (χ4n) is 2.04. The topological polar surface area (TPSA) is 70.2 Å². The van der Waals surface area contributed by atoms with Gasteiger partial charge < -0.3 is 9.30 Å². The molecule has 1 aromatic heterocycles. The molecule has 6 nitrogen and oxygen atoms in total. The number of ether oxygens (including phenoxy) is 1. The Kier molecular flexibility index (Phi) is 5.57. The number of aryl methyl sites for hydroxylation is 1. The minimum atomic E-state index is -0.388. The predicted molar refractivity (Wildman–Crippen MR) is 86.2 cm³/mol. The van der Waals surface area contributed by atoms with E-state index in [0.717, 1.165) is 34.4 Å². The number of rotatable bonds is 7. The number of nitro benzene ring substituents is 1. The summed E-state index contributed by atoms with van der Waals surface area (Å²) in [6.45, 7) is 5.45. The van der Waals surface area contributed by atoms with Gasteiger partial charge in [-0.1, -0.05) is 23.9 Å². The molecule has 7 heteroatoms. The Morgan fingerprint density at radius 3 is 2.59 bits per heavy atom. The molecule has 0 saturated carbocycles. The minimum Gasteiger partial charge on any atom is -0.383 e. The molecule has 0 amide bonds. The summed E-state index contributed by atoms with van der Waals surface area (Å²) >= 11 is 1.63. The summed E-state index contributed by atoms with van der Waals surface area (Å²) < 4.78 is 7.29. The number of non-ortho nitro benzene ring substituents is 1. The van der Waals surface area contributed by atoms with Gasteiger partial charge in [-0.05, 0) is 19.4 Å². The third kappa shape index (κ3) is 3.86. The molecule has 0 N–H and O–H groups in total. The Morgan fingerprint density at radius 1 is 1.32 bits per heavy atom. The number of nitrogens with zero attached hydrogens (tertiary/aromatic N) is 3. The summed E-state index contributed by atoms with van der Waals surface area (Å²) in [5.41, 5.74) is 3.31. The van der Waals surface area contributed by atoms with Crippen LogP contribution in [0.2, 0.25) is 0 Å². The number of hydrogen-bond acceptors (Lipinski definition) is 5. The van der Waals surface area contributed by atoms with E-state index in [1.165, 1.54) is 12.1 Å². The molecular formula is C15H19N3O3S. The summed E-state index contributed by atoms with van der Waals surface area (Å²) in [5, 5.41) is 11.6. The highest BCUT2D eigenvalue weighted by atomic mass is 32.2. The second kappa shape index (κ2) is 7.42. The van der Waals surface area contributed by atoms with E-state index in [4.69, 9.17) is 4.74 Å². The van der Waals surface area contributed by atoms with E-state index < -0.39 is 0 Å². The van der Waals surface area contributed by atoms with Crippen LogP contribution in [-0.4, -0.2) is 28.2 Å². The molecule has 0 unspecified atom stereocenters. The Bertz CT molecular complexity index is 653. The van der Waals surface area contributed by atoms with Gasteiger partial charge in [0.25, 0.3) is 5.69 Å². The van der Waals surface area contributed by atoms with Crippen molar-refractivity contribution in [2.45, 2.75) is 31.3 Å². The maximum atomic E-state index is 10.7. The van der Waals surface area contributed by atoms with Gasteiger partial charge in [0.1, 0.15) is 0 Å². The van der Waals surface area contributed by atoms with Gasteiger partial charge in [0.05, 0.1) is 17.2 Å². The predicted octanol–water partition coefficient (Wildman–Crippen LogP) is 3.35. The summed E-state index contributed by atoms with van der Waals surface area (Å²) in [6, 6.07) is 6.63. The van der Waals surface area contributed by atoms with Crippen molar-refractivity contribution < 1.29 is 9.66 Å². The maximum absolute atomic E-state index is 10.7. The molecule has 0 fully saturated rings. The van der Waals surface area contributed by atoms with Gasteiger partial charge in [0.15, 0.2) is 5.16 Å². The fourth-order valence-corrected chi connectivity index (χ4v) is 3.12. The minimum absolute atomic E-state index is 0.113. The molecule has 0 bridgehead atoms. The van der Waals surface area contributed by atoms with Crippen LogP contribution in [0.5, 0.6) is 0 Å². The van der Waals surface area contributed by atoms with Crippen LogP contribution in [0.3, 0.4) is 0 Å². The van der Waals surface area contributed by atoms with Crippen molar-refractivity contribution in [3.63, 3.8) is 0 Å². The molecule has 0 spiro atoms. The highest BCUT2D eigenvalue weighted by Crippen LogP contribution is 2.25. The highest BCUT2D eigenvalue weighted by molar-refractivity contribution is 7.98. The van der Waals surface area contributed by atoms with Crippen LogP contribution in [0.4, 0.5) is 5.69 Å². The van der Waals surface area contributed by atoms with Crippen molar-refractivity contribution in [2.24, 2.45) is 0 Å². The molecule has 0 radical (unpaired) electrons. The zero-order chi connectivity index (χ0) is 16.1. The standard InChI is InChI=1S/C15H19N3O3S/c1-11-12(2)17(8-9-21-3)15(16-11)22-10-13-4-6-14(7-5-13)18(19)20/h4-7H,8-10H2,1-3H3. The van der Waals surface area contributed by atoms with Crippen molar-refractivity contribution in [3.05, 3.63) is 51.3 Å².